The maximum absolute atomic E-state index is 15.2. The Kier molecular flexibility index (Phi) is 8.06. The van der Waals surface area contributed by atoms with E-state index >= 15 is 4.39 Å². The molecule has 0 radical (unpaired) electrons. The first-order chi connectivity index (χ1) is 19.4. The van der Waals surface area contributed by atoms with Crippen LogP contribution in [0.15, 0.2) is 60.2 Å². The Morgan fingerprint density at radius 3 is 2.50 bits per heavy atom. The Balaban J connectivity index is 1.37. The number of nitrogens with zero attached hydrogens (tertiary/aromatic N) is 3. The number of thiazole rings is 1. The number of hydrogen-bond donors (Lipinski definition) is 1. The molecule has 2 aromatic heterocycles. The molecule has 7 nitrogen and oxygen atoms in total. The summed E-state index contributed by atoms with van der Waals surface area (Å²) in [4.78, 5) is 13.1. The minimum absolute atomic E-state index is 0.0318. The van der Waals surface area contributed by atoms with E-state index in [0.717, 1.165) is 12.8 Å². The lowest BCUT2D eigenvalue weighted by molar-refractivity contribution is 0.185. The van der Waals surface area contributed by atoms with Gasteiger partial charge in [-0.15, -0.1) is 0 Å². The number of rotatable bonds is 10. The van der Waals surface area contributed by atoms with Gasteiger partial charge in [-0.2, -0.15) is 0 Å². The highest BCUT2D eigenvalue weighted by molar-refractivity contribution is 7.11. The fourth-order valence-corrected chi connectivity index (χ4v) is 4.82. The third kappa shape index (κ3) is 5.81. The van der Waals surface area contributed by atoms with Crippen LogP contribution < -0.4 is 19.5 Å². The van der Waals surface area contributed by atoms with Crippen LogP contribution in [0.4, 0.5) is 20.3 Å². The van der Waals surface area contributed by atoms with Gasteiger partial charge in [-0.25, -0.2) is 23.7 Å². The van der Waals surface area contributed by atoms with Crippen LogP contribution in [0.5, 0.6) is 22.4 Å². The molecule has 5 aromatic rings. The fraction of sp³-hybridized carbons (Fsp3) is 0.233. The number of aryl methyl sites for hydroxylation is 1. The first kappa shape index (κ1) is 27.3. The van der Waals surface area contributed by atoms with Crippen molar-refractivity contribution in [3.05, 3.63) is 77.4 Å². The van der Waals surface area contributed by atoms with Gasteiger partial charge in [0.2, 0.25) is 0 Å². The Morgan fingerprint density at radius 2 is 1.77 bits per heavy atom. The molecule has 0 spiro atoms. The highest BCUT2D eigenvalue weighted by atomic mass is 32.1. The van der Waals surface area contributed by atoms with Crippen LogP contribution in [0.1, 0.15) is 32.3 Å². The van der Waals surface area contributed by atoms with E-state index in [-0.39, 0.29) is 23.4 Å². The molecule has 1 N–H and O–H groups in total. The lowest BCUT2D eigenvalue weighted by Gasteiger charge is -2.19. The van der Waals surface area contributed by atoms with E-state index in [9.17, 15) is 4.39 Å². The van der Waals surface area contributed by atoms with Crippen molar-refractivity contribution in [2.75, 3.05) is 12.4 Å². The first-order valence-electron chi connectivity index (χ1n) is 12.8. The van der Waals surface area contributed by atoms with Crippen molar-refractivity contribution < 1.29 is 23.0 Å². The Hall–Kier alpha value is -4.31. The van der Waals surface area contributed by atoms with Gasteiger partial charge in [0.05, 0.1) is 30.1 Å². The van der Waals surface area contributed by atoms with E-state index in [1.54, 1.807) is 49.7 Å². The van der Waals surface area contributed by atoms with Crippen molar-refractivity contribution in [1.82, 2.24) is 15.0 Å². The summed E-state index contributed by atoms with van der Waals surface area (Å²) in [6.45, 7) is 5.83. The number of fused-ring (bicyclic) bond motifs is 1. The maximum Gasteiger partial charge on any atom is 0.279 e. The number of aromatic nitrogens is 3. The van der Waals surface area contributed by atoms with Gasteiger partial charge in [-0.1, -0.05) is 37.3 Å². The molecule has 0 saturated carbocycles. The van der Waals surface area contributed by atoms with Crippen LogP contribution in [0.2, 0.25) is 0 Å². The summed E-state index contributed by atoms with van der Waals surface area (Å²) >= 11 is 1.24. The molecule has 0 atom stereocenters. The molecule has 0 aliphatic rings. The average molecular weight is 563 g/mol. The van der Waals surface area contributed by atoms with Gasteiger partial charge in [-0.3, -0.25) is 0 Å². The van der Waals surface area contributed by atoms with Crippen molar-refractivity contribution in [1.29, 1.82) is 0 Å². The number of halogens is 2. The van der Waals surface area contributed by atoms with Crippen molar-refractivity contribution in [2.45, 2.75) is 39.7 Å². The largest absolute Gasteiger partial charge is 0.493 e. The third-order valence-electron chi connectivity index (χ3n) is 6.47. The van der Waals surface area contributed by atoms with E-state index in [1.165, 1.54) is 29.8 Å². The van der Waals surface area contributed by atoms with Gasteiger partial charge in [-0.05, 0) is 49.6 Å². The monoisotopic (exact) mass is 562 g/mol. The normalized spacial score (nSPS) is 11.2. The quantitative estimate of drug-likeness (QED) is 0.183. The zero-order valence-corrected chi connectivity index (χ0v) is 23.3. The Morgan fingerprint density at radius 1 is 0.950 bits per heavy atom. The molecule has 3 aromatic carbocycles. The molecule has 2 heterocycles. The molecule has 40 heavy (non-hydrogen) atoms. The van der Waals surface area contributed by atoms with Crippen molar-refractivity contribution >= 4 is 33.7 Å². The molecule has 0 fully saturated rings. The summed E-state index contributed by atoms with van der Waals surface area (Å²) in [5.41, 5.74) is 2.62. The molecule has 0 unspecified atom stereocenters. The number of ether oxygens (including phenoxy) is 3. The average Bonchev–Trinajstić information content (AvgIpc) is 3.42. The molecule has 0 amide bonds. The number of nitrogens with one attached hydrogen (secondary N) is 1. The maximum atomic E-state index is 15.2. The van der Waals surface area contributed by atoms with Crippen LogP contribution in [-0.2, 0) is 0 Å². The van der Waals surface area contributed by atoms with E-state index < -0.39 is 5.82 Å². The number of hydrogen-bond acceptors (Lipinski definition) is 8. The van der Waals surface area contributed by atoms with Crippen LogP contribution in [0.3, 0.4) is 0 Å². The SMILES string of the molecule is CCC(CC)Oc1cc2c(Nc3ccc(Oc4nc(-c5ccc(C)c(F)c5)cs4)cc3F)ncnc2cc1OC. The van der Waals surface area contributed by atoms with Gasteiger partial charge in [0.25, 0.3) is 5.19 Å². The summed E-state index contributed by atoms with van der Waals surface area (Å²) < 4.78 is 46.6. The zero-order chi connectivity index (χ0) is 28.2. The highest BCUT2D eigenvalue weighted by Gasteiger charge is 2.16. The van der Waals surface area contributed by atoms with Crippen LogP contribution >= 0.6 is 11.3 Å². The van der Waals surface area contributed by atoms with Gasteiger partial charge in [0.15, 0.2) is 11.5 Å². The van der Waals surface area contributed by atoms with Crippen molar-refractivity contribution in [2.24, 2.45) is 0 Å². The van der Waals surface area contributed by atoms with E-state index in [4.69, 9.17) is 14.2 Å². The Labute approximate surface area is 234 Å². The predicted molar refractivity (Wildman–Crippen MR) is 153 cm³/mol. The topological polar surface area (TPSA) is 78.4 Å². The Bertz CT molecular complexity index is 1660. The second-order valence-corrected chi connectivity index (χ2v) is 9.95. The summed E-state index contributed by atoms with van der Waals surface area (Å²) in [7, 11) is 1.58. The van der Waals surface area contributed by atoms with Crippen molar-refractivity contribution in [3.8, 4) is 33.7 Å². The minimum Gasteiger partial charge on any atom is -0.493 e. The number of anilines is 2. The summed E-state index contributed by atoms with van der Waals surface area (Å²) in [6.07, 6.45) is 3.13. The summed E-state index contributed by atoms with van der Waals surface area (Å²) in [6, 6.07) is 13.0. The molecule has 0 aliphatic heterocycles. The van der Waals surface area contributed by atoms with Crippen LogP contribution in [-0.4, -0.2) is 28.2 Å². The second kappa shape index (κ2) is 11.8. The van der Waals surface area contributed by atoms with Crippen molar-refractivity contribution in [3.63, 3.8) is 0 Å². The van der Waals surface area contributed by atoms with Crippen LogP contribution in [0.25, 0.3) is 22.2 Å². The molecule has 0 saturated heterocycles. The molecule has 206 valence electrons. The minimum atomic E-state index is -0.538. The first-order valence-corrected chi connectivity index (χ1v) is 13.7. The van der Waals surface area contributed by atoms with E-state index in [2.05, 4.69) is 34.1 Å². The summed E-state index contributed by atoms with van der Waals surface area (Å²) in [5, 5.41) is 5.80. The molecular weight excluding hydrogens is 534 g/mol. The highest BCUT2D eigenvalue weighted by Crippen LogP contribution is 2.37. The standard InChI is InChI=1S/C30H28F2N4O3S/c1-5-19(6-2)38-28-13-21-25(14-27(28)37-4)33-16-34-29(21)35-24-10-9-20(12-23(24)32)39-30-36-26(15-40-30)18-8-7-17(3)22(31)11-18/h7-16,19H,5-6H2,1-4H3,(H,33,34,35). The lowest BCUT2D eigenvalue weighted by atomic mass is 10.1. The third-order valence-corrected chi connectivity index (χ3v) is 7.19. The zero-order valence-electron chi connectivity index (χ0n) is 22.5. The summed E-state index contributed by atoms with van der Waals surface area (Å²) in [5.74, 6) is 0.991. The molecule has 0 bridgehead atoms. The van der Waals surface area contributed by atoms with E-state index in [0.29, 0.717) is 50.2 Å². The van der Waals surface area contributed by atoms with Crippen LogP contribution in [0, 0.1) is 18.6 Å². The van der Waals surface area contributed by atoms with Gasteiger partial charge in [0.1, 0.15) is 29.5 Å². The molecular formula is C30H28F2N4O3S. The fourth-order valence-electron chi connectivity index (χ4n) is 4.13. The second-order valence-electron chi connectivity index (χ2n) is 9.13. The van der Waals surface area contributed by atoms with Gasteiger partial charge >= 0.3 is 0 Å². The number of methoxy groups -OCH3 is 1. The predicted octanol–water partition coefficient (Wildman–Crippen LogP) is 8.45. The lowest BCUT2D eigenvalue weighted by Crippen LogP contribution is -2.14. The molecule has 0 aliphatic carbocycles. The van der Waals surface area contributed by atoms with E-state index in [1.807, 2.05) is 6.07 Å². The molecule has 10 heteroatoms. The smallest absolute Gasteiger partial charge is 0.279 e. The molecule has 5 rings (SSSR count). The van der Waals surface area contributed by atoms with Gasteiger partial charge < -0.3 is 19.5 Å². The number of benzene rings is 3. The van der Waals surface area contributed by atoms with Gasteiger partial charge in [0, 0.05) is 28.5 Å².